The lowest BCUT2D eigenvalue weighted by Gasteiger charge is -2.28. The van der Waals surface area contributed by atoms with E-state index in [0.29, 0.717) is 26.4 Å². The first-order valence-corrected chi connectivity index (χ1v) is 21.2. The van der Waals surface area contributed by atoms with Gasteiger partial charge in [0.2, 0.25) is 0 Å². The number of hydrogen-bond acceptors (Lipinski definition) is 4. The molecule has 0 aliphatic rings. The first-order valence-electron chi connectivity index (χ1n) is 19.3. The van der Waals surface area contributed by atoms with Crippen LogP contribution in [0.3, 0.4) is 0 Å². The Balaban J connectivity index is 3.24. The second-order valence-corrected chi connectivity index (χ2v) is 15.4. The zero-order valence-corrected chi connectivity index (χ0v) is 30.2. The third-order valence-electron chi connectivity index (χ3n) is 8.73. The zero-order valence-electron chi connectivity index (χ0n) is 29.2. The monoisotopic (exact) mass is 615 g/mol. The highest BCUT2D eigenvalue weighted by Crippen LogP contribution is 2.21. The Morgan fingerprint density at radius 3 is 0.690 bits per heavy atom. The van der Waals surface area contributed by atoms with Crippen molar-refractivity contribution in [3.8, 4) is 0 Å². The Bertz CT molecular complexity index is 473. The predicted octanol–water partition coefficient (Wildman–Crippen LogP) is 12.3. The van der Waals surface area contributed by atoms with Gasteiger partial charge in [-0.2, -0.15) is 0 Å². The maximum Gasteiger partial charge on any atom is 0.500 e. The fourth-order valence-corrected chi connectivity index (χ4v) is 8.91. The molecule has 1 N–H and O–H groups in total. The molecule has 4 nitrogen and oxygen atoms in total. The second kappa shape index (κ2) is 35.5. The van der Waals surface area contributed by atoms with Crippen LogP contribution in [0, 0.1) is 0 Å². The van der Waals surface area contributed by atoms with Gasteiger partial charge in [0.05, 0.1) is 0 Å². The Morgan fingerprint density at radius 1 is 0.310 bits per heavy atom. The van der Waals surface area contributed by atoms with Crippen molar-refractivity contribution in [3.63, 3.8) is 0 Å². The van der Waals surface area contributed by atoms with Crippen LogP contribution in [0.2, 0.25) is 6.04 Å². The van der Waals surface area contributed by atoms with E-state index in [-0.39, 0.29) is 0 Å². The SMILES string of the molecule is CCO[Si](CCCCCCCCCCCCCCCCCCCCCCCCCCCCCCCO)(OCC)OCC. The molecule has 0 saturated carbocycles. The van der Waals surface area contributed by atoms with Gasteiger partial charge in [0.25, 0.3) is 0 Å². The summed E-state index contributed by atoms with van der Waals surface area (Å²) < 4.78 is 17.9. The average Bonchev–Trinajstić information content (AvgIpc) is 2.98. The molecule has 0 aliphatic heterocycles. The molecule has 0 aromatic heterocycles. The Morgan fingerprint density at radius 2 is 0.500 bits per heavy atom. The van der Waals surface area contributed by atoms with Crippen molar-refractivity contribution in [2.75, 3.05) is 26.4 Å². The van der Waals surface area contributed by atoms with E-state index in [1.165, 1.54) is 180 Å². The van der Waals surface area contributed by atoms with Gasteiger partial charge < -0.3 is 18.4 Å². The molecule has 0 atom stereocenters. The van der Waals surface area contributed by atoms with Gasteiger partial charge >= 0.3 is 8.80 Å². The molecule has 0 fully saturated rings. The number of unbranched alkanes of at least 4 members (excludes halogenated alkanes) is 28. The van der Waals surface area contributed by atoms with Crippen LogP contribution in [0.5, 0.6) is 0 Å². The molecule has 0 saturated heterocycles. The molecule has 5 heteroatoms. The van der Waals surface area contributed by atoms with Crippen LogP contribution in [0.25, 0.3) is 0 Å². The summed E-state index contributed by atoms with van der Waals surface area (Å²) in [4.78, 5) is 0. The first kappa shape index (κ1) is 42.1. The summed E-state index contributed by atoms with van der Waals surface area (Å²) in [5.41, 5.74) is 0. The van der Waals surface area contributed by atoms with Crippen molar-refractivity contribution in [1.82, 2.24) is 0 Å². The van der Waals surface area contributed by atoms with E-state index < -0.39 is 8.80 Å². The van der Waals surface area contributed by atoms with E-state index in [9.17, 15) is 0 Å². The molecule has 0 unspecified atom stereocenters. The summed E-state index contributed by atoms with van der Waals surface area (Å²) in [6, 6.07) is 0.970. The first-order chi connectivity index (χ1) is 20.7. The Labute approximate surface area is 266 Å². The normalized spacial score (nSPS) is 12.0. The molecule has 0 aromatic rings. The summed E-state index contributed by atoms with van der Waals surface area (Å²) in [6.45, 7) is 8.54. The van der Waals surface area contributed by atoms with E-state index >= 15 is 0 Å². The van der Waals surface area contributed by atoms with Crippen LogP contribution in [-0.4, -0.2) is 40.3 Å². The van der Waals surface area contributed by atoms with Crippen LogP contribution in [0.1, 0.15) is 207 Å². The zero-order chi connectivity index (χ0) is 30.7. The van der Waals surface area contributed by atoms with Crippen molar-refractivity contribution in [2.45, 2.75) is 213 Å². The Kier molecular flexibility index (Phi) is 35.6. The minimum absolute atomic E-state index is 0.369. The lowest BCUT2D eigenvalue weighted by Crippen LogP contribution is -2.45. The molecule has 0 heterocycles. The van der Waals surface area contributed by atoms with E-state index in [1.807, 2.05) is 20.8 Å². The largest absolute Gasteiger partial charge is 0.500 e. The topological polar surface area (TPSA) is 47.9 Å². The van der Waals surface area contributed by atoms with Gasteiger partial charge in [-0.1, -0.05) is 173 Å². The Hall–Kier alpha value is 0.0569. The molecule has 0 spiro atoms. The molecule has 0 aromatic carbocycles. The van der Waals surface area contributed by atoms with Crippen molar-refractivity contribution >= 4 is 8.80 Å². The van der Waals surface area contributed by atoms with Crippen molar-refractivity contribution < 1.29 is 18.4 Å². The number of rotatable bonds is 37. The summed E-state index contributed by atoms with van der Waals surface area (Å²) in [7, 11) is -2.42. The van der Waals surface area contributed by atoms with Crippen LogP contribution in [0.4, 0.5) is 0 Å². The smallest absolute Gasteiger partial charge is 0.396 e. The molecule has 0 aliphatic carbocycles. The minimum Gasteiger partial charge on any atom is -0.396 e. The highest BCUT2D eigenvalue weighted by Gasteiger charge is 2.39. The van der Waals surface area contributed by atoms with Gasteiger partial charge in [0.1, 0.15) is 0 Å². The highest BCUT2D eigenvalue weighted by molar-refractivity contribution is 6.60. The highest BCUT2D eigenvalue weighted by atomic mass is 28.4. The fourth-order valence-electron chi connectivity index (χ4n) is 6.23. The molecular formula is C37H78O4Si. The van der Waals surface area contributed by atoms with E-state index in [1.54, 1.807) is 0 Å². The quantitative estimate of drug-likeness (QED) is 0.0558. The standard InChI is InChI=1S/C37H78O4Si/c1-4-39-42(40-5-2,41-6-3)37-35-33-31-29-27-25-23-21-19-17-15-13-11-9-7-8-10-12-14-16-18-20-22-24-26-28-30-32-34-36-38/h38H,4-37H2,1-3H3. The number of aliphatic hydroxyl groups excluding tert-OH is 1. The molecule has 0 radical (unpaired) electrons. The van der Waals surface area contributed by atoms with Gasteiger partial charge in [0, 0.05) is 32.5 Å². The average molecular weight is 615 g/mol. The molecule has 42 heavy (non-hydrogen) atoms. The van der Waals surface area contributed by atoms with Gasteiger partial charge in [-0.25, -0.2) is 0 Å². The third-order valence-corrected chi connectivity index (χ3v) is 11.9. The maximum atomic E-state index is 8.80. The lowest BCUT2D eigenvalue weighted by atomic mass is 10.0. The van der Waals surface area contributed by atoms with Crippen LogP contribution < -0.4 is 0 Å². The third kappa shape index (κ3) is 30.1. The van der Waals surface area contributed by atoms with Gasteiger partial charge in [-0.15, -0.1) is 0 Å². The van der Waals surface area contributed by atoms with E-state index in [4.69, 9.17) is 18.4 Å². The van der Waals surface area contributed by atoms with Crippen LogP contribution in [-0.2, 0) is 13.3 Å². The summed E-state index contributed by atoms with van der Waals surface area (Å²) in [5, 5.41) is 8.80. The van der Waals surface area contributed by atoms with Crippen molar-refractivity contribution in [2.24, 2.45) is 0 Å². The molecular weight excluding hydrogens is 536 g/mol. The maximum absolute atomic E-state index is 8.80. The van der Waals surface area contributed by atoms with Crippen LogP contribution in [0.15, 0.2) is 0 Å². The summed E-state index contributed by atoms with van der Waals surface area (Å²) in [6.07, 6.45) is 40.4. The van der Waals surface area contributed by atoms with Gasteiger partial charge in [-0.05, 0) is 33.6 Å². The number of aliphatic hydroxyl groups is 1. The van der Waals surface area contributed by atoms with E-state index in [2.05, 4.69) is 0 Å². The van der Waals surface area contributed by atoms with Crippen molar-refractivity contribution in [1.29, 1.82) is 0 Å². The fraction of sp³-hybridized carbons (Fsp3) is 1.00. The molecule has 0 amide bonds. The molecule has 0 bridgehead atoms. The van der Waals surface area contributed by atoms with Gasteiger partial charge in [-0.3, -0.25) is 0 Å². The van der Waals surface area contributed by atoms with E-state index in [0.717, 1.165) is 12.5 Å². The minimum atomic E-state index is -2.42. The number of hydrogen-bond donors (Lipinski definition) is 1. The van der Waals surface area contributed by atoms with Crippen molar-refractivity contribution in [3.05, 3.63) is 0 Å². The lowest BCUT2D eigenvalue weighted by molar-refractivity contribution is 0.0706. The summed E-state index contributed by atoms with van der Waals surface area (Å²) in [5.74, 6) is 0. The van der Waals surface area contributed by atoms with Crippen LogP contribution >= 0.6 is 0 Å². The molecule has 254 valence electrons. The predicted molar refractivity (Wildman–Crippen MR) is 186 cm³/mol. The van der Waals surface area contributed by atoms with Gasteiger partial charge in [0.15, 0.2) is 0 Å². The summed E-state index contributed by atoms with van der Waals surface area (Å²) >= 11 is 0. The second-order valence-electron chi connectivity index (χ2n) is 12.7. The molecule has 0 rings (SSSR count).